The third kappa shape index (κ3) is 2.62. The van der Waals surface area contributed by atoms with E-state index in [1.165, 1.54) is 5.69 Å². The van der Waals surface area contributed by atoms with Crippen molar-refractivity contribution >= 4 is 0 Å². The topological polar surface area (TPSA) is 39.1 Å². The van der Waals surface area contributed by atoms with E-state index in [0.29, 0.717) is 0 Å². The lowest BCUT2D eigenvalue weighted by Gasteiger charge is -2.27. The van der Waals surface area contributed by atoms with Gasteiger partial charge in [-0.1, -0.05) is 20.8 Å². The number of rotatable bonds is 2. The Morgan fingerprint density at radius 2 is 2.38 bits per heavy atom. The Labute approximate surface area is 97.0 Å². The van der Waals surface area contributed by atoms with Crippen LogP contribution in [0, 0.1) is 0 Å². The molecule has 0 amide bonds. The third-order valence-electron chi connectivity index (χ3n) is 2.89. The van der Waals surface area contributed by atoms with Gasteiger partial charge in [0.2, 0.25) is 0 Å². The molecule has 2 heterocycles. The molecule has 1 aliphatic heterocycles. The first-order valence-corrected chi connectivity index (χ1v) is 5.90. The summed E-state index contributed by atoms with van der Waals surface area (Å²) in [5.74, 6) is 0. The van der Waals surface area contributed by atoms with Gasteiger partial charge in [0, 0.05) is 30.4 Å². The van der Waals surface area contributed by atoms with Crippen LogP contribution >= 0.6 is 0 Å². The van der Waals surface area contributed by atoms with Gasteiger partial charge >= 0.3 is 0 Å². The molecule has 1 saturated heterocycles. The first-order valence-electron chi connectivity index (χ1n) is 5.90. The van der Waals surface area contributed by atoms with E-state index in [-0.39, 0.29) is 11.5 Å². The Bertz CT molecular complexity index is 334. The number of imidazole rings is 1. The average molecular weight is 223 g/mol. The standard InChI is InChI=1S/C12H21N3O/c1-12(2,3)11-7-14-9-15(11)8-10-6-13-4-5-16-10/h7,9-10,13H,4-6,8H2,1-3H3. The molecule has 1 aromatic heterocycles. The smallest absolute Gasteiger partial charge is 0.0949 e. The second-order valence-electron chi connectivity index (χ2n) is 5.38. The summed E-state index contributed by atoms with van der Waals surface area (Å²) in [7, 11) is 0. The summed E-state index contributed by atoms with van der Waals surface area (Å²) in [6.45, 7) is 10.2. The van der Waals surface area contributed by atoms with Crippen molar-refractivity contribution in [2.24, 2.45) is 0 Å². The fraction of sp³-hybridized carbons (Fsp3) is 0.750. The number of aromatic nitrogens is 2. The lowest BCUT2D eigenvalue weighted by molar-refractivity contribution is 0.0174. The molecule has 4 heteroatoms. The Hall–Kier alpha value is -0.870. The molecule has 0 saturated carbocycles. The third-order valence-corrected chi connectivity index (χ3v) is 2.89. The van der Waals surface area contributed by atoms with Crippen LogP contribution in [0.25, 0.3) is 0 Å². The van der Waals surface area contributed by atoms with Crippen LogP contribution in [0.1, 0.15) is 26.5 Å². The van der Waals surface area contributed by atoms with Crippen LogP contribution in [0.4, 0.5) is 0 Å². The monoisotopic (exact) mass is 223 g/mol. The molecular weight excluding hydrogens is 202 g/mol. The van der Waals surface area contributed by atoms with Crippen molar-refractivity contribution in [2.45, 2.75) is 38.8 Å². The molecule has 4 nitrogen and oxygen atoms in total. The second kappa shape index (κ2) is 4.55. The van der Waals surface area contributed by atoms with E-state index in [0.717, 1.165) is 26.2 Å². The van der Waals surface area contributed by atoms with Crippen LogP contribution < -0.4 is 5.32 Å². The number of morpholine rings is 1. The van der Waals surface area contributed by atoms with Gasteiger partial charge in [-0.3, -0.25) is 0 Å². The van der Waals surface area contributed by atoms with Gasteiger partial charge in [0.15, 0.2) is 0 Å². The number of ether oxygens (including phenoxy) is 1. The Balaban J connectivity index is 2.06. The second-order valence-corrected chi connectivity index (χ2v) is 5.38. The molecular formula is C12H21N3O. The highest BCUT2D eigenvalue weighted by molar-refractivity contribution is 5.10. The fourth-order valence-electron chi connectivity index (χ4n) is 2.05. The molecule has 2 rings (SSSR count). The maximum Gasteiger partial charge on any atom is 0.0949 e. The van der Waals surface area contributed by atoms with E-state index in [4.69, 9.17) is 4.74 Å². The Kier molecular flexibility index (Phi) is 3.30. The molecule has 1 N–H and O–H groups in total. The van der Waals surface area contributed by atoms with E-state index in [1.54, 1.807) is 0 Å². The van der Waals surface area contributed by atoms with E-state index in [2.05, 4.69) is 35.6 Å². The van der Waals surface area contributed by atoms with Crippen LogP contribution in [0.5, 0.6) is 0 Å². The summed E-state index contributed by atoms with van der Waals surface area (Å²) >= 11 is 0. The Morgan fingerprint density at radius 3 is 3.00 bits per heavy atom. The summed E-state index contributed by atoms with van der Waals surface area (Å²) in [5, 5.41) is 3.35. The van der Waals surface area contributed by atoms with Gasteiger partial charge in [-0.05, 0) is 0 Å². The minimum Gasteiger partial charge on any atom is -0.374 e. The lowest BCUT2D eigenvalue weighted by atomic mass is 9.92. The molecule has 1 aromatic rings. The summed E-state index contributed by atoms with van der Waals surface area (Å²) in [4.78, 5) is 4.24. The molecule has 1 atom stereocenters. The van der Waals surface area contributed by atoms with Gasteiger partial charge in [0.05, 0.1) is 25.6 Å². The zero-order chi connectivity index (χ0) is 11.6. The summed E-state index contributed by atoms with van der Waals surface area (Å²) in [6, 6.07) is 0. The van der Waals surface area contributed by atoms with Crippen molar-refractivity contribution in [3.05, 3.63) is 18.2 Å². The summed E-state index contributed by atoms with van der Waals surface area (Å²) < 4.78 is 7.91. The molecule has 16 heavy (non-hydrogen) atoms. The van der Waals surface area contributed by atoms with Gasteiger partial charge in [-0.25, -0.2) is 4.98 Å². The highest BCUT2D eigenvalue weighted by Crippen LogP contribution is 2.22. The van der Waals surface area contributed by atoms with Crippen LogP contribution in [0.15, 0.2) is 12.5 Å². The molecule has 0 spiro atoms. The summed E-state index contributed by atoms with van der Waals surface area (Å²) in [6.07, 6.45) is 4.12. The highest BCUT2D eigenvalue weighted by Gasteiger charge is 2.21. The number of hydrogen-bond acceptors (Lipinski definition) is 3. The zero-order valence-corrected chi connectivity index (χ0v) is 10.4. The van der Waals surface area contributed by atoms with Gasteiger partial charge in [0.1, 0.15) is 0 Å². The summed E-state index contributed by atoms with van der Waals surface area (Å²) in [5.41, 5.74) is 1.40. The van der Waals surface area contributed by atoms with Gasteiger partial charge in [-0.2, -0.15) is 0 Å². The average Bonchev–Trinajstić information content (AvgIpc) is 2.67. The van der Waals surface area contributed by atoms with Gasteiger partial charge < -0.3 is 14.6 Å². The maximum absolute atomic E-state index is 5.71. The van der Waals surface area contributed by atoms with Crippen LogP contribution in [0.3, 0.4) is 0 Å². The minimum atomic E-state index is 0.137. The van der Waals surface area contributed by atoms with Crippen LogP contribution in [-0.2, 0) is 16.7 Å². The quantitative estimate of drug-likeness (QED) is 0.818. The number of hydrogen-bond donors (Lipinski definition) is 1. The van der Waals surface area contributed by atoms with Crippen molar-refractivity contribution < 1.29 is 4.74 Å². The largest absolute Gasteiger partial charge is 0.374 e. The van der Waals surface area contributed by atoms with Crippen LogP contribution in [-0.4, -0.2) is 35.4 Å². The van der Waals surface area contributed by atoms with Crippen molar-refractivity contribution in [3.63, 3.8) is 0 Å². The fourth-order valence-corrected chi connectivity index (χ4v) is 2.05. The van der Waals surface area contributed by atoms with Crippen molar-refractivity contribution in [3.8, 4) is 0 Å². The van der Waals surface area contributed by atoms with E-state index < -0.39 is 0 Å². The van der Waals surface area contributed by atoms with Crippen molar-refractivity contribution in [1.82, 2.24) is 14.9 Å². The van der Waals surface area contributed by atoms with Gasteiger partial charge in [0.25, 0.3) is 0 Å². The van der Waals surface area contributed by atoms with Gasteiger partial charge in [-0.15, -0.1) is 0 Å². The van der Waals surface area contributed by atoms with Crippen molar-refractivity contribution in [2.75, 3.05) is 19.7 Å². The predicted octanol–water partition coefficient (Wildman–Crippen LogP) is 1.17. The molecule has 0 bridgehead atoms. The molecule has 0 radical (unpaired) electrons. The molecule has 90 valence electrons. The minimum absolute atomic E-state index is 0.137. The molecule has 1 fully saturated rings. The molecule has 0 aliphatic carbocycles. The molecule has 0 aromatic carbocycles. The Morgan fingerprint density at radius 1 is 1.56 bits per heavy atom. The SMILES string of the molecule is CC(C)(C)c1cncn1CC1CNCCO1. The number of nitrogens with zero attached hydrogens (tertiary/aromatic N) is 2. The predicted molar refractivity (Wildman–Crippen MR) is 63.5 cm³/mol. The van der Waals surface area contributed by atoms with Crippen molar-refractivity contribution in [1.29, 1.82) is 0 Å². The lowest BCUT2D eigenvalue weighted by Crippen LogP contribution is -2.41. The number of nitrogens with one attached hydrogen (secondary N) is 1. The maximum atomic E-state index is 5.71. The molecule has 1 aliphatic rings. The van der Waals surface area contributed by atoms with Crippen LogP contribution in [0.2, 0.25) is 0 Å². The molecule has 1 unspecified atom stereocenters. The zero-order valence-electron chi connectivity index (χ0n) is 10.4. The van der Waals surface area contributed by atoms with E-state index in [9.17, 15) is 0 Å². The first kappa shape index (κ1) is 11.6. The van der Waals surface area contributed by atoms with E-state index >= 15 is 0 Å². The normalized spacial score (nSPS) is 22.3. The first-order chi connectivity index (χ1) is 7.57. The van der Waals surface area contributed by atoms with E-state index in [1.807, 2.05) is 12.5 Å². The highest BCUT2D eigenvalue weighted by atomic mass is 16.5.